The highest BCUT2D eigenvalue weighted by Gasteiger charge is 2.30. The molecule has 0 saturated heterocycles. The van der Waals surface area contributed by atoms with Crippen molar-refractivity contribution in [1.82, 2.24) is 9.97 Å². The van der Waals surface area contributed by atoms with Crippen molar-refractivity contribution in [2.45, 2.75) is 39.0 Å². The molecule has 0 bridgehead atoms. The van der Waals surface area contributed by atoms with E-state index in [1.165, 1.54) is 11.1 Å². The summed E-state index contributed by atoms with van der Waals surface area (Å²) in [6, 6.07) is 8.48. The first kappa shape index (κ1) is 13.1. The van der Waals surface area contributed by atoms with Crippen LogP contribution < -0.4 is 11.3 Å². The number of hydrogen-bond donors (Lipinski definition) is 2. The lowest BCUT2D eigenvalue weighted by molar-refractivity contribution is 0.651. The third-order valence-corrected chi connectivity index (χ3v) is 4.03. The van der Waals surface area contributed by atoms with Gasteiger partial charge in [-0.2, -0.15) is 0 Å². The van der Waals surface area contributed by atoms with Crippen molar-refractivity contribution in [2.75, 3.05) is 5.43 Å². The van der Waals surface area contributed by atoms with E-state index in [1.807, 2.05) is 6.92 Å². The first-order chi connectivity index (χ1) is 9.61. The molecule has 20 heavy (non-hydrogen) atoms. The molecular weight excluding hydrogens is 248 g/mol. The van der Waals surface area contributed by atoms with Crippen molar-refractivity contribution >= 4 is 5.82 Å². The Labute approximate surface area is 119 Å². The first-order valence-electron chi connectivity index (χ1n) is 7.04. The number of aromatic nitrogens is 2. The van der Waals surface area contributed by atoms with Crippen LogP contribution in [0.5, 0.6) is 0 Å². The van der Waals surface area contributed by atoms with Crippen LogP contribution in [-0.2, 0) is 6.42 Å². The molecule has 1 aliphatic rings. The molecule has 0 spiro atoms. The zero-order valence-corrected chi connectivity index (χ0v) is 12.1. The van der Waals surface area contributed by atoms with Crippen LogP contribution in [0, 0.1) is 6.92 Å². The Kier molecular flexibility index (Phi) is 3.18. The number of anilines is 1. The van der Waals surface area contributed by atoms with E-state index in [4.69, 9.17) is 10.8 Å². The van der Waals surface area contributed by atoms with E-state index >= 15 is 0 Å². The highest BCUT2D eigenvalue weighted by molar-refractivity contribution is 5.50. The molecule has 3 rings (SSSR count). The number of hydrogen-bond acceptors (Lipinski definition) is 4. The summed E-state index contributed by atoms with van der Waals surface area (Å²) >= 11 is 0. The van der Waals surface area contributed by atoms with Gasteiger partial charge in [-0.3, -0.25) is 0 Å². The van der Waals surface area contributed by atoms with E-state index in [0.29, 0.717) is 11.8 Å². The number of aryl methyl sites for hydroxylation is 1. The number of hydrazine groups is 1. The summed E-state index contributed by atoms with van der Waals surface area (Å²) in [4.78, 5) is 9.36. The zero-order chi connectivity index (χ0) is 14.3. The summed E-state index contributed by atoms with van der Waals surface area (Å²) in [6.07, 6.45) is 1.01. The molecule has 3 N–H and O–H groups in total. The van der Waals surface area contributed by atoms with Crippen LogP contribution in [0.1, 0.15) is 53.9 Å². The van der Waals surface area contributed by atoms with Crippen LogP contribution in [0.2, 0.25) is 0 Å². The Hall–Kier alpha value is -1.94. The quantitative estimate of drug-likeness (QED) is 0.663. The fraction of sp³-hybridized carbons (Fsp3) is 0.375. The third-order valence-electron chi connectivity index (χ3n) is 4.03. The van der Waals surface area contributed by atoms with Crippen molar-refractivity contribution in [3.05, 3.63) is 52.5 Å². The highest BCUT2D eigenvalue weighted by atomic mass is 15.3. The lowest BCUT2D eigenvalue weighted by Gasteiger charge is -2.29. The minimum absolute atomic E-state index is 0.304. The Balaban J connectivity index is 2.03. The van der Waals surface area contributed by atoms with Gasteiger partial charge in [-0.15, -0.1) is 0 Å². The predicted octanol–water partition coefficient (Wildman–Crippen LogP) is 2.88. The summed E-state index contributed by atoms with van der Waals surface area (Å²) in [5, 5.41) is 0. The second-order valence-electron chi connectivity index (χ2n) is 5.68. The van der Waals surface area contributed by atoms with E-state index in [1.54, 1.807) is 0 Å². The van der Waals surface area contributed by atoms with Crippen molar-refractivity contribution in [3.63, 3.8) is 0 Å². The van der Waals surface area contributed by atoms with Gasteiger partial charge in [0.05, 0.1) is 0 Å². The van der Waals surface area contributed by atoms with Crippen LogP contribution in [0.3, 0.4) is 0 Å². The number of nitrogens with zero attached hydrogens (tertiary/aromatic N) is 2. The summed E-state index contributed by atoms with van der Waals surface area (Å²) < 4.78 is 0. The predicted molar refractivity (Wildman–Crippen MR) is 80.7 cm³/mol. The zero-order valence-electron chi connectivity index (χ0n) is 12.1. The number of nitrogen functional groups attached to an aromatic ring is 1. The van der Waals surface area contributed by atoms with Gasteiger partial charge in [0.15, 0.2) is 0 Å². The molecule has 0 fully saturated rings. The van der Waals surface area contributed by atoms with Crippen LogP contribution >= 0.6 is 0 Å². The summed E-state index contributed by atoms with van der Waals surface area (Å²) in [5.74, 6) is 7.92. The molecule has 0 saturated carbocycles. The smallest absolute Gasteiger partial charge is 0.147 e. The maximum atomic E-state index is 5.64. The highest BCUT2D eigenvalue weighted by Crippen LogP contribution is 2.39. The largest absolute Gasteiger partial charge is 0.308 e. The number of benzene rings is 1. The van der Waals surface area contributed by atoms with Crippen molar-refractivity contribution in [2.24, 2.45) is 5.84 Å². The number of rotatable bonds is 3. The van der Waals surface area contributed by atoms with Crippen molar-refractivity contribution in [3.8, 4) is 0 Å². The molecule has 4 nitrogen and oxygen atoms in total. The van der Waals surface area contributed by atoms with Gasteiger partial charge in [-0.05, 0) is 30.4 Å². The number of nitrogens with one attached hydrogen (secondary N) is 1. The second kappa shape index (κ2) is 4.87. The lowest BCUT2D eigenvalue weighted by atomic mass is 9.77. The summed E-state index contributed by atoms with van der Waals surface area (Å²) in [7, 11) is 0. The molecule has 104 valence electrons. The van der Waals surface area contributed by atoms with E-state index in [2.05, 4.69) is 48.5 Å². The third kappa shape index (κ3) is 1.96. The maximum absolute atomic E-state index is 5.64. The van der Waals surface area contributed by atoms with Gasteiger partial charge in [-0.25, -0.2) is 15.8 Å². The molecule has 4 heteroatoms. The van der Waals surface area contributed by atoms with Crippen LogP contribution in [-0.4, -0.2) is 9.97 Å². The molecule has 0 radical (unpaired) electrons. The molecule has 1 heterocycles. The van der Waals surface area contributed by atoms with Crippen molar-refractivity contribution in [1.29, 1.82) is 0 Å². The molecule has 1 atom stereocenters. The molecule has 1 unspecified atom stereocenters. The van der Waals surface area contributed by atoms with Gasteiger partial charge < -0.3 is 5.43 Å². The van der Waals surface area contributed by atoms with Gasteiger partial charge >= 0.3 is 0 Å². The van der Waals surface area contributed by atoms with Gasteiger partial charge in [0.1, 0.15) is 11.6 Å². The average molecular weight is 268 g/mol. The van der Waals surface area contributed by atoms with Gasteiger partial charge in [0, 0.05) is 17.2 Å². The van der Waals surface area contributed by atoms with Gasteiger partial charge in [0.25, 0.3) is 0 Å². The monoisotopic (exact) mass is 268 g/mol. The average Bonchev–Trinajstić information content (AvgIpc) is 2.39. The Morgan fingerprint density at radius 3 is 2.65 bits per heavy atom. The molecule has 2 aromatic rings. The Bertz CT molecular complexity index is 649. The number of nitrogens with two attached hydrogens (primary N) is 1. The SMILES string of the molecule is Cc1nc(C2Cc3ccccc32)nc(NN)c1C(C)C. The fourth-order valence-corrected chi connectivity index (χ4v) is 3.05. The van der Waals surface area contributed by atoms with E-state index in [0.717, 1.165) is 29.3 Å². The van der Waals surface area contributed by atoms with Crippen LogP contribution in [0.15, 0.2) is 24.3 Å². The van der Waals surface area contributed by atoms with Gasteiger partial charge in [0.2, 0.25) is 0 Å². The minimum atomic E-state index is 0.304. The van der Waals surface area contributed by atoms with Crippen molar-refractivity contribution < 1.29 is 0 Å². The molecule has 1 aromatic carbocycles. The van der Waals surface area contributed by atoms with E-state index in [9.17, 15) is 0 Å². The Morgan fingerprint density at radius 1 is 1.25 bits per heavy atom. The summed E-state index contributed by atoms with van der Waals surface area (Å²) in [6.45, 7) is 6.29. The number of fused-ring (bicyclic) bond motifs is 1. The van der Waals surface area contributed by atoms with E-state index in [-0.39, 0.29) is 0 Å². The van der Waals surface area contributed by atoms with E-state index < -0.39 is 0 Å². The topological polar surface area (TPSA) is 63.8 Å². The first-order valence-corrected chi connectivity index (χ1v) is 7.04. The normalized spacial score (nSPS) is 16.8. The van der Waals surface area contributed by atoms with Crippen LogP contribution in [0.4, 0.5) is 5.82 Å². The second-order valence-corrected chi connectivity index (χ2v) is 5.68. The summed E-state index contributed by atoms with van der Waals surface area (Å²) in [5.41, 5.74) is 7.59. The lowest BCUT2D eigenvalue weighted by Crippen LogP contribution is -2.23. The Morgan fingerprint density at radius 2 is 2.00 bits per heavy atom. The molecule has 0 aliphatic heterocycles. The van der Waals surface area contributed by atoms with Gasteiger partial charge in [-0.1, -0.05) is 38.1 Å². The minimum Gasteiger partial charge on any atom is -0.308 e. The molecule has 1 aromatic heterocycles. The fourth-order valence-electron chi connectivity index (χ4n) is 3.05. The van der Waals surface area contributed by atoms with Crippen LogP contribution in [0.25, 0.3) is 0 Å². The molecule has 0 amide bonds. The standard InChI is InChI=1S/C16H20N4/c1-9(2)14-10(3)18-15(19-16(14)20-17)13-8-11-6-4-5-7-12(11)13/h4-7,9,13H,8,17H2,1-3H3,(H,18,19,20). The molecular formula is C16H20N4. The maximum Gasteiger partial charge on any atom is 0.147 e. The molecule has 1 aliphatic carbocycles.